The lowest BCUT2D eigenvalue weighted by molar-refractivity contribution is -0.122. The maximum atomic E-state index is 12.0. The summed E-state index contributed by atoms with van der Waals surface area (Å²) in [7, 11) is 1.65. The van der Waals surface area contributed by atoms with Crippen molar-refractivity contribution in [2.24, 2.45) is 5.92 Å². The number of benzene rings is 1. The van der Waals surface area contributed by atoms with Crippen molar-refractivity contribution in [1.82, 2.24) is 5.32 Å². The van der Waals surface area contributed by atoms with Gasteiger partial charge in [-0.15, -0.1) is 0 Å². The molecule has 0 bridgehead atoms. The smallest absolute Gasteiger partial charge is 0.220 e. The van der Waals surface area contributed by atoms with E-state index < -0.39 is 0 Å². The van der Waals surface area contributed by atoms with E-state index >= 15 is 0 Å². The van der Waals surface area contributed by atoms with Gasteiger partial charge in [0.05, 0.1) is 7.11 Å². The van der Waals surface area contributed by atoms with Gasteiger partial charge < -0.3 is 15.2 Å². The maximum Gasteiger partial charge on any atom is 0.220 e. The van der Waals surface area contributed by atoms with Crippen LogP contribution in [0.15, 0.2) is 24.3 Å². The first-order valence-electron chi connectivity index (χ1n) is 7.74. The first kappa shape index (κ1) is 15.8. The molecule has 4 heteroatoms. The number of hydrogen-bond acceptors (Lipinski definition) is 3. The SMILES string of the molecule is COc1ccc(CCC(=O)NC2CCC(CO)CC2)cc1. The standard InChI is InChI=1S/C17H25NO3/c1-21-16-9-4-13(5-10-16)6-11-17(20)18-15-7-2-14(12-19)3-8-15/h4-5,9-10,14-15,19H,2-3,6-8,11-12H2,1H3,(H,18,20). The molecule has 1 aliphatic carbocycles. The normalized spacial score (nSPS) is 21.8. The summed E-state index contributed by atoms with van der Waals surface area (Å²) in [4.78, 5) is 12.0. The van der Waals surface area contributed by atoms with Gasteiger partial charge in [-0.1, -0.05) is 12.1 Å². The molecule has 0 atom stereocenters. The molecule has 0 heterocycles. The van der Waals surface area contributed by atoms with E-state index in [0.717, 1.165) is 43.4 Å². The molecule has 4 nitrogen and oxygen atoms in total. The van der Waals surface area contributed by atoms with Crippen molar-refractivity contribution in [2.75, 3.05) is 13.7 Å². The van der Waals surface area contributed by atoms with Crippen LogP contribution < -0.4 is 10.1 Å². The van der Waals surface area contributed by atoms with Crippen molar-refractivity contribution < 1.29 is 14.6 Å². The molecule has 2 N–H and O–H groups in total. The van der Waals surface area contributed by atoms with E-state index in [4.69, 9.17) is 9.84 Å². The fraction of sp³-hybridized carbons (Fsp3) is 0.588. The van der Waals surface area contributed by atoms with Gasteiger partial charge in [-0.2, -0.15) is 0 Å². The molecule has 0 unspecified atom stereocenters. The van der Waals surface area contributed by atoms with Gasteiger partial charge in [0.1, 0.15) is 5.75 Å². The number of aryl methyl sites for hydroxylation is 1. The van der Waals surface area contributed by atoms with Gasteiger partial charge in [0.25, 0.3) is 0 Å². The van der Waals surface area contributed by atoms with Crippen molar-refractivity contribution in [1.29, 1.82) is 0 Å². The summed E-state index contributed by atoms with van der Waals surface area (Å²) in [5.41, 5.74) is 1.15. The van der Waals surface area contributed by atoms with E-state index in [1.165, 1.54) is 0 Å². The second-order valence-corrected chi connectivity index (χ2v) is 5.82. The summed E-state index contributed by atoms with van der Waals surface area (Å²) in [6.45, 7) is 0.276. The second-order valence-electron chi connectivity index (χ2n) is 5.82. The highest BCUT2D eigenvalue weighted by molar-refractivity contribution is 5.76. The van der Waals surface area contributed by atoms with E-state index in [1.54, 1.807) is 7.11 Å². The highest BCUT2D eigenvalue weighted by Gasteiger charge is 2.21. The minimum absolute atomic E-state index is 0.123. The molecular weight excluding hydrogens is 266 g/mol. The number of ether oxygens (including phenoxy) is 1. The van der Waals surface area contributed by atoms with Gasteiger partial charge >= 0.3 is 0 Å². The van der Waals surface area contributed by atoms with Crippen molar-refractivity contribution in [3.63, 3.8) is 0 Å². The molecule has 116 valence electrons. The molecule has 1 fully saturated rings. The molecule has 0 spiro atoms. The highest BCUT2D eigenvalue weighted by Crippen LogP contribution is 2.23. The summed E-state index contributed by atoms with van der Waals surface area (Å²) in [5, 5.41) is 12.2. The Hall–Kier alpha value is -1.55. The quantitative estimate of drug-likeness (QED) is 0.845. The summed E-state index contributed by atoms with van der Waals surface area (Å²) in [6.07, 6.45) is 5.27. The first-order chi connectivity index (χ1) is 10.2. The van der Waals surface area contributed by atoms with Crippen LogP contribution in [-0.2, 0) is 11.2 Å². The molecule has 1 amide bonds. The zero-order valence-electron chi connectivity index (χ0n) is 12.7. The lowest BCUT2D eigenvalue weighted by Crippen LogP contribution is -2.38. The number of aliphatic hydroxyl groups excluding tert-OH is 1. The molecule has 0 radical (unpaired) electrons. The van der Waals surface area contributed by atoms with Gasteiger partial charge in [0.15, 0.2) is 0 Å². The van der Waals surface area contributed by atoms with E-state index in [0.29, 0.717) is 12.3 Å². The lowest BCUT2D eigenvalue weighted by atomic mass is 9.86. The van der Waals surface area contributed by atoms with E-state index in [9.17, 15) is 4.79 Å². The zero-order valence-corrected chi connectivity index (χ0v) is 12.7. The van der Waals surface area contributed by atoms with Gasteiger partial charge in [-0.3, -0.25) is 4.79 Å². The number of methoxy groups -OCH3 is 1. The molecule has 21 heavy (non-hydrogen) atoms. The Balaban J connectivity index is 1.69. The maximum absolute atomic E-state index is 12.0. The van der Waals surface area contributed by atoms with Crippen molar-refractivity contribution >= 4 is 5.91 Å². The van der Waals surface area contributed by atoms with Crippen LogP contribution in [0.3, 0.4) is 0 Å². The molecule has 1 aromatic rings. The van der Waals surface area contributed by atoms with E-state index in [2.05, 4.69) is 5.32 Å². The van der Waals surface area contributed by atoms with Crippen LogP contribution in [0.2, 0.25) is 0 Å². The van der Waals surface area contributed by atoms with Crippen molar-refractivity contribution in [3.05, 3.63) is 29.8 Å². The zero-order chi connectivity index (χ0) is 15.1. The third-order valence-electron chi connectivity index (χ3n) is 4.27. The molecule has 1 saturated carbocycles. The Labute approximate surface area is 126 Å². The summed E-state index contributed by atoms with van der Waals surface area (Å²) < 4.78 is 5.12. The molecule has 1 aromatic carbocycles. The lowest BCUT2D eigenvalue weighted by Gasteiger charge is -2.27. The van der Waals surface area contributed by atoms with Crippen LogP contribution in [0.25, 0.3) is 0 Å². The Morgan fingerprint density at radius 1 is 1.24 bits per heavy atom. The Bertz CT molecular complexity index is 436. The third kappa shape index (κ3) is 5.05. The average Bonchev–Trinajstić information content (AvgIpc) is 2.54. The first-order valence-corrected chi connectivity index (χ1v) is 7.74. The molecule has 1 aliphatic rings. The van der Waals surface area contributed by atoms with Gasteiger partial charge in [-0.25, -0.2) is 0 Å². The van der Waals surface area contributed by atoms with Crippen molar-refractivity contribution in [2.45, 2.75) is 44.6 Å². The molecular formula is C17H25NO3. The van der Waals surface area contributed by atoms with E-state index in [-0.39, 0.29) is 18.6 Å². The molecule has 0 aliphatic heterocycles. The third-order valence-corrected chi connectivity index (χ3v) is 4.27. The summed E-state index contributed by atoms with van der Waals surface area (Å²) in [5.74, 6) is 1.39. The van der Waals surface area contributed by atoms with Crippen LogP contribution in [0.5, 0.6) is 5.75 Å². The van der Waals surface area contributed by atoms with Crippen LogP contribution >= 0.6 is 0 Å². The topological polar surface area (TPSA) is 58.6 Å². The summed E-state index contributed by atoms with van der Waals surface area (Å²) >= 11 is 0. The Kier molecular flexibility index (Phi) is 6.05. The Morgan fingerprint density at radius 2 is 1.90 bits per heavy atom. The average molecular weight is 291 g/mol. The Morgan fingerprint density at radius 3 is 2.48 bits per heavy atom. The molecule has 0 aromatic heterocycles. The number of carbonyl (C=O) groups excluding carboxylic acids is 1. The van der Waals surface area contributed by atoms with Gasteiger partial charge in [0.2, 0.25) is 5.91 Å². The predicted octanol–water partition coefficient (Wildman–Crippen LogP) is 2.30. The fourth-order valence-corrected chi connectivity index (χ4v) is 2.84. The van der Waals surface area contributed by atoms with Gasteiger partial charge in [-0.05, 0) is 55.7 Å². The van der Waals surface area contributed by atoms with Crippen molar-refractivity contribution in [3.8, 4) is 5.75 Å². The minimum Gasteiger partial charge on any atom is -0.497 e. The number of aliphatic hydroxyl groups is 1. The van der Waals surface area contributed by atoms with Crippen LogP contribution in [0, 0.1) is 5.92 Å². The van der Waals surface area contributed by atoms with Crippen LogP contribution in [-0.4, -0.2) is 30.8 Å². The number of nitrogens with one attached hydrogen (secondary N) is 1. The number of hydrogen-bond donors (Lipinski definition) is 2. The highest BCUT2D eigenvalue weighted by atomic mass is 16.5. The van der Waals surface area contributed by atoms with Gasteiger partial charge in [0, 0.05) is 19.1 Å². The van der Waals surface area contributed by atoms with E-state index in [1.807, 2.05) is 24.3 Å². The fourth-order valence-electron chi connectivity index (χ4n) is 2.84. The largest absolute Gasteiger partial charge is 0.497 e. The molecule has 0 saturated heterocycles. The van der Waals surface area contributed by atoms with Crippen LogP contribution in [0.4, 0.5) is 0 Å². The second kappa shape index (κ2) is 8.03. The molecule has 2 rings (SSSR count). The number of amides is 1. The number of carbonyl (C=O) groups is 1. The van der Waals surface area contributed by atoms with Crippen LogP contribution in [0.1, 0.15) is 37.7 Å². The summed E-state index contributed by atoms with van der Waals surface area (Å²) in [6, 6.07) is 8.13. The predicted molar refractivity (Wildman–Crippen MR) is 82.3 cm³/mol. The monoisotopic (exact) mass is 291 g/mol. The minimum atomic E-state index is 0.123. The number of rotatable bonds is 6.